The molecule has 0 bridgehead atoms. The molecule has 1 saturated carbocycles. The number of imidazole rings is 1. The SMILES string of the molecule is Cc1cc2c(cn1)[C@]13n4cncc4C[C@@]1(O)[C@H](C(=O)N(C)C)[C@@H](c1cccs1)[C@]3(c1ccc(C#N)cc1)O2. The van der Waals surface area contributed by atoms with Crippen molar-refractivity contribution in [2.75, 3.05) is 14.1 Å². The molecule has 1 N–H and O–H groups in total. The molecular formula is C29H25N5O3S. The number of ether oxygens (including phenoxy) is 1. The normalized spacial score (nSPS) is 30.1. The number of aromatic nitrogens is 3. The Morgan fingerprint density at radius 2 is 2.05 bits per heavy atom. The molecule has 0 radical (unpaired) electrons. The highest BCUT2D eigenvalue weighted by atomic mass is 32.1. The number of amides is 1. The van der Waals surface area contributed by atoms with Crippen LogP contribution in [0.2, 0.25) is 0 Å². The number of fused-ring (bicyclic) bond motifs is 2. The van der Waals surface area contributed by atoms with Gasteiger partial charge in [0.05, 0.1) is 29.8 Å². The second-order valence-electron chi connectivity index (χ2n) is 10.6. The van der Waals surface area contributed by atoms with Gasteiger partial charge in [0, 0.05) is 60.8 Å². The zero-order valence-electron chi connectivity index (χ0n) is 21.1. The first-order valence-corrected chi connectivity index (χ1v) is 13.3. The highest BCUT2D eigenvalue weighted by Crippen LogP contribution is 2.76. The molecule has 1 amide bonds. The van der Waals surface area contributed by atoms with Crippen LogP contribution in [0.1, 0.15) is 38.9 Å². The van der Waals surface area contributed by atoms with E-state index in [1.165, 1.54) is 0 Å². The summed E-state index contributed by atoms with van der Waals surface area (Å²) >= 11 is 1.55. The lowest BCUT2D eigenvalue weighted by Crippen LogP contribution is -2.60. The number of aliphatic hydroxyl groups is 1. The van der Waals surface area contributed by atoms with Crippen LogP contribution in [0, 0.1) is 24.2 Å². The summed E-state index contributed by atoms with van der Waals surface area (Å²) in [4.78, 5) is 25.8. The van der Waals surface area contributed by atoms with Crippen LogP contribution in [-0.2, 0) is 22.4 Å². The first-order chi connectivity index (χ1) is 18.3. The fourth-order valence-corrected chi connectivity index (χ4v) is 8.32. The largest absolute Gasteiger partial charge is 0.478 e. The lowest BCUT2D eigenvalue weighted by atomic mass is 9.67. The Balaban J connectivity index is 1.67. The van der Waals surface area contributed by atoms with E-state index in [1.807, 2.05) is 47.2 Å². The summed E-state index contributed by atoms with van der Waals surface area (Å²) in [6, 6.07) is 15.4. The second-order valence-corrected chi connectivity index (χ2v) is 11.6. The number of carbonyl (C=O) groups is 1. The van der Waals surface area contributed by atoms with E-state index in [9.17, 15) is 15.2 Å². The average Bonchev–Trinajstić information content (AvgIpc) is 3.69. The van der Waals surface area contributed by atoms with Crippen molar-refractivity contribution in [2.45, 2.75) is 36.0 Å². The van der Waals surface area contributed by atoms with Crippen molar-refractivity contribution in [1.29, 1.82) is 5.26 Å². The molecule has 0 unspecified atom stereocenters. The number of nitrogens with zero attached hydrogens (tertiary/aromatic N) is 5. The Kier molecular flexibility index (Phi) is 4.58. The van der Waals surface area contributed by atoms with Crippen LogP contribution in [0.15, 0.2) is 66.6 Å². The molecule has 0 saturated heterocycles. The van der Waals surface area contributed by atoms with E-state index in [2.05, 4.69) is 16.0 Å². The van der Waals surface area contributed by atoms with Gasteiger partial charge in [-0.05, 0) is 36.1 Å². The van der Waals surface area contributed by atoms with Gasteiger partial charge < -0.3 is 19.3 Å². The summed E-state index contributed by atoms with van der Waals surface area (Å²) in [6.07, 6.45) is 5.50. The summed E-state index contributed by atoms with van der Waals surface area (Å²) in [5, 5.41) is 24.7. The highest BCUT2D eigenvalue weighted by Gasteiger charge is 2.86. The third kappa shape index (κ3) is 2.45. The molecule has 7 rings (SSSR count). The van der Waals surface area contributed by atoms with Crippen molar-refractivity contribution in [1.82, 2.24) is 19.4 Å². The minimum absolute atomic E-state index is 0.170. The van der Waals surface area contributed by atoms with Gasteiger partial charge in [0.2, 0.25) is 5.91 Å². The molecular weight excluding hydrogens is 498 g/mol. The molecule has 4 aromatic rings. The van der Waals surface area contributed by atoms with Gasteiger partial charge in [-0.2, -0.15) is 5.26 Å². The number of benzene rings is 1. The number of hydrogen-bond acceptors (Lipinski definition) is 7. The van der Waals surface area contributed by atoms with Crippen LogP contribution in [-0.4, -0.2) is 50.1 Å². The molecule has 5 heterocycles. The van der Waals surface area contributed by atoms with E-state index in [-0.39, 0.29) is 12.3 Å². The number of rotatable bonds is 3. The van der Waals surface area contributed by atoms with E-state index in [0.717, 1.165) is 27.4 Å². The van der Waals surface area contributed by atoms with E-state index in [4.69, 9.17) is 4.74 Å². The first kappa shape index (κ1) is 23.1. The van der Waals surface area contributed by atoms with Crippen molar-refractivity contribution in [3.05, 3.63) is 99.5 Å². The zero-order chi connectivity index (χ0) is 26.4. The molecule has 3 aromatic heterocycles. The fraction of sp³-hybridized carbons (Fsp3) is 0.310. The maximum absolute atomic E-state index is 14.2. The molecule has 9 heteroatoms. The van der Waals surface area contributed by atoms with Crippen LogP contribution in [0.3, 0.4) is 0 Å². The third-order valence-corrected chi connectivity index (χ3v) is 9.60. The number of pyridine rings is 1. The summed E-state index contributed by atoms with van der Waals surface area (Å²) in [5.41, 5.74) is -0.400. The minimum atomic E-state index is -1.56. The molecule has 1 aliphatic carbocycles. The summed E-state index contributed by atoms with van der Waals surface area (Å²) < 4.78 is 9.17. The van der Waals surface area contributed by atoms with E-state index >= 15 is 0 Å². The molecule has 1 fully saturated rings. The fourth-order valence-electron chi connectivity index (χ4n) is 7.40. The number of carbonyl (C=O) groups excluding carboxylic acids is 1. The van der Waals surface area contributed by atoms with Crippen LogP contribution in [0.25, 0.3) is 0 Å². The molecule has 8 nitrogen and oxygen atoms in total. The maximum Gasteiger partial charge on any atom is 0.229 e. The van der Waals surface area contributed by atoms with E-state index in [1.54, 1.807) is 61.2 Å². The van der Waals surface area contributed by atoms with Gasteiger partial charge in [-0.3, -0.25) is 9.78 Å². The molecule has 38 heavy (non-hydrogen) atoms. The lowest BCUT2D eigenvalue weighted by molar-refractivity contribution is -0.144. The van der Waals surface area contributed by atoms with Crippen molar-refractivity contribution < 1.29 is 14.6 Å². The summed E-state index contributed by atoms with van der Waals surface area (Å²) in [5.74, 6) is -0.921. The maximum atomic E-state index is 14.2. The Bertz CT molecular complexity index is 1640. The Hall–Kier alpha value is -4.00. The van der Waals surface area contributed by atoms with Gasteiger partial charge >= 0.3 is 0 Å². The molecule has 5 atom stereocenters. The van der Waals surface area contributed by atoms with Gasteiger partial charge in [-0.1, -0.05) is 18.2 Å². The predicted octanol–water partition coefficient (Wildman–Crippen LogP) is 3.34. The van der Waals surface area contributed by atoms with Gasteiger partial charge in [0.1, 0.15) is 11.4 Å². The Morgan fingerprint density at radius 3 is 2.74 bits per heavy atom. The van der Waals surface area contributed by atoms with Crippen molar-refractivity contribution in [3.63, 3.8) is 0 Å². The van der Waals surface area contributed by atoms with Crippen molar-refractivity contribution in [3.8, 4) is 11.8 Å². The first-order valence-electron chi connectivity index (χ1n) is 12.4. The number of thiophene rings is 1. The van der Waals surface area contributed by atoms with E-state index < -0.39 is 28.6 Å². The third-order valence-electron chi connectivity index (χ3n) is 8.64. The highest BCUT2D eigenvalue weighted by molar-refractivity contribution is 7.10. The van der Waals surface area contributed by atoms with Crippen LogP contribution < -0.4 is 4.74 Å². The Morgan fingerprint density at radius 1 is 1.26 bits per heavy atom. The zero-order valence-corrected chi connectivity index (χ0v) is 21.9. The predicted molar refractivity (Wildman–Crippen MR) is 140 cm³/mol. The van der Waals surface area contributed by atoms with Crippen molar-refractivity contribution >= 4 is 17.2 Å². The van der Waals surface area contributed by atoms with Crippen LogP contribution in [0.5, 0.6) is 5.75 Å². The molecule has 190 valence electrons. The number of nitriles is 1. The van der Waals surface area contributed by atoms with Gasteiger partial charge in [0.15, 0.2) is 11.1 Å². The van der Waals surface area contributed by atoms with Gasteiger partial charge in [0.25, 0.3) is 0 Å². The van der Waals surface area contributed by atoms with Gasteiger partial charge in [-0.25, -0.2) is 4.98 Å². The number of aryl methyl sites for hydroxylation is 1. The lowest BCUT2D eigenvalue weighted by Gasteiger charge is -2.45. The summed E-state index contributed by atoms with van der Waals surface area (Å²) in [6.45, 7) is 1.91. The van der Waals surface area contributed by atoms with Crippen LogP contribution >= 0.6 is 11.3 Å². The minimum Gasteiger partial charge on any atom is -0.478 e. The standard InChI is InChI=1S/C29H25N5O3S/c1-17-11-22-21(15-32-17)29-27(36,12-20-14-31-16-34(20)29)25(26(35)33(2)3)24(23-5-4-10-38-23)28(29,37-22)19-8-6-18(13-30)7-9-19/h4-11,14-16,24-25,36H,12H2,1-3H3/t24-,25+,27-,28+,29+/m1/s1. The van der Waals surface area contributed by atoms with Crippen LogP contribution in [0.4, 0.5) is 0 Å². The molecule has 2 aliphatic heterocycles. The topological polar surface area (TPSA) is 104 Å². The van der Waals surface area contributed by atoms with Gasteiger partial charge in [-0.15, -0.1) is 11.3 Å². The van der Waals surface area contributed by atoms with E-state index in [0.29, 0.717) is 11.3 Å². The smallest absolute Gasteiger partial charge is 0.229 e. The Labute approximate surface area is 223 Å². The van der Waals surface area contributed by atoms with Crippen molar-refractivity contribution in [2.24, 2.45) is 5.92 Å². The second kappa shape index (κ2) is 7.53. The summed E-state index contributed by atoms with van der Waals surface area (Å²) in [7, 11) is 3.45. The number of hydrogen-bond donors (Lipinski definition) is 1. The monoisotopic (exact) mass is 523 g/mol. The molecule has 1 spiro atoms. The quantitative estimate of drug-likeness (QED) is 0.442. The molecule has 1 aromatic carbocycles. The average molecular weight is 524 g/mol. The molecule has 3 aliphatic rings.